The zero-order valence-electron chi connectivity index (χ0n) is 14.0. The lowest BCUT2D eigenvalue weighted by molar-refractivity contribution is -0.149. The largest absolute Gasteiger partial charge is 0.458 e. The summed E-state index contributed by atoms with van der Waals surface area (Å²) >= 11 is 0. The smallest absolute Gasteiger partial charge is 0.320 e. The SMILES string of the molecule is C=C(C)C1CC(=O)CC2C(=O)C3=C(C)CC4OC(=O)C3(C4O)C2C1. The highest BCUT2D eigenvalue weighted by molar-refractivity contribution is 6.11. The molecule has 3 fully saturated rings. The van der Waals surface area contributed by atoms with Gasteiger partial charge in [0.2, 0.25) is 0 Å². The lowest BCUT2D eigenvalue weighted by Crippen LogP contribution is -2.47. The van der Waals surface area contributed by atoms with Crippen molar-refractivity contribution < 1.29 is 24.2 Å². The van der Waals surface area contributed by atoms with Crippen LogP contribution in [0.25, 0.3) is 0 Å². The van der Waals surface area contributed by atoms with Gasteiger partial charge in [-0.1, -0.05) is 17.7 Å². The van der Waals surface area contributed by atoms with Crippen LogP contribution in [0.5, 0.6) is 0 Å². The Bertz CT molecular complexity index is 717. The van der Waals surface area contributed by atoms with Gasteiger partial charge in [-0.3, -0.25) is 14.4 Å². The number of rotatable bonds is 1. The van der Waals surface area contributed by atoms with Crippen molar-refractivity contribution in [2.24, 2.45) is 23.2 Å². The van der Waals surface area contributed by atoms with Crippen LogP contribution in [0, 0.1) is 23.2 Å². The van der Waals surface area contributed by atoms with Crippen LogP contribution in [-0.4, -0.2) is 34.9 Å². The van der Waals surface area contributed by atoms with E-state index in [4.69, 9.17) is 4.74 Å². The maximum atomic E-state index is 13.1. The van der Waals surface area contributed by atoms with Crippen LogP contribution >= 0.6 is 0 Å². The Morgan fingerprint density at radius 1 is 1.25 bits per heavy atom. The fourth-order valence-electron chi connectivity index (χ4n) is 5.48. The number of ketones is 2. The van der Waals surface area contributed by atoms with Crippen LogP contribution in [0.1, 0.15) is 39.5 Å². The zero-order valence-corrected chi connectivity index (χ0v) is 14.0. The molecule has 1 N–H and O–H groups in total. The van der Waals surface area contributed by atoms with E-state index in [9.17, 15) is 19.5 Å². The Kier molecular flexibility index (Phi) is 3.21. The summed E-state index contributed by atoms with van der Waals surface area (Å²) in [5, 5.41) is 10.9. The summed E-state index contributed by atoms with van der Waals surface area (Å²) in [6.07, 6.45) is -0.147. The third-order valence-corrected chi connectivity index (χ3v) is 6.57. The molecule has 0 radical (unpaired) electrons. The Labute approximate surface area is 140 Å². The molecule has 1 spiro atoms. The Hall–Kier alpha value is -1.75. The number of allylic oxidation sites excluding steroid dienone is 1. The van der Waals surface area contributed by atoms with Gasteiger partial charge in [0.1, 0.15) is 23.4 Å². The molecule has 1 heterocycles. The number of ether oxygens (including phenoxy) is 1. The molecule has 2 saturated carbocycles. The number of carbonyl (C=O) groups excluding carboxylic acids is 3. The monoisotopic (exact) mass is 330 g/mol. The van der Waals surface area contributed by atoms with Crippen molar-refractivity contribution in [2.75, 3.05) is 0 Å². The van der Waals surface area contributed by atoms with Crippen molar-refractivity contribution in [3.63, 3.8) is 0 Å². The first-order valence-electron chi connectivity index (χ1n) is 8.59. The Morgan fingerprint density at radius 3 is 2.62 bits per heavy atom. The first-order valence-corrected chi connectivity index (χ1v) is 8.59. The zero-order chi connectivity index (χ0) is 17.4. The van der Waals surface area contributed by atoms with Gasteiger partial charge in [0.05, 0.1) is 0 Å². The predicted octanol–water partition coefficient (Wildman–Crippen LogP) is 1.74. The average molecular weight is 330 g/mol. The van der Waals surface area contributed by atoms with E-state index in [-0.39, 0.29) is 29.8 Å². The molecule has 6 atom stereocenters. The molecule has 2 bridgehead atoms. The Balaban J connectivity index is 1.91. The number of fused-ring (bicyclic) bond motifs is 2. The van der Waals surface area contributed by atoms with Crippen LogP contribution < -0.4 is 0 Å². The highest BCUT2D eigenvalue weighted by atomic mass is 16.6. The van der Waals surface area contributed by atoms with Gasteiger partial charge in [0.25, 0.3) is 0 Å². The summed E-state index contributed by atoms with van der Waals surface area (Å²) in [6.45, 7) is 7.69. The van der Waals surface area contributed by atoms with Gasteiger partial charge in [-0.15, -0.1) is 0 Å². The molecule has 5 nitrogen and oxygen atoms in total. The molecule has 1 saturated heterocycles. The Morgan fingerprint density at radius 2 is 1.96 bits per heavy atom. The molecule has 0 aromatic heterocycles. The first kappa shape index (κ1) is 15.8. The van der Waals surface area contributed by atoms with Crippen LogP contribution in [-0.2, 0) is 19.1 Å². The number of aliphatic hydroxyl groups is 1. The maximum absolute atomic E-state index is 13.1. The molecule has 3 aliphatic carbocycles. The lowest BCUT2D eigenvalue weighted by Gasteiger charge is -2.37. The lowest BCUT2D eigenvalue weighted by atomic mass is 9.63. The van der Waals surface area contributed by atoms with Crippen molar-refractivity contribution in [1.82, 2.24) is 0 Å². The number of hydrogen-bond acceptors (Lipinski definition) is 5. The minimum Gasteiger partial charge on any atom is -0.458 e. The molecule has 1 aliphatic heterocycles. The summed E-state index contributed by atoms with van der Waals surface area (Å²) in [4.78, 5) is 38.2. The number of Topliss-reactive ketones (excluding diaryl/α,β-unsaturated/α-hetero) is 2. The highest BCUT2D eigenvalue weighted by Crippen LogP contribution is 2.63. The fraction of sp³-hybridized carbons (Fsp3) is 0.632. The predicted molar refractivity (Wildman–Crippen MR) is 84.8 cm³/mol. The molecular weight excluding hydrogens is 308 g/mol. The van der Waals surface area contributed by atoms with Crippen LogP contribution in [0.2, 0.25) is 0 Å². The van der Waals surface area contributed by atoms with Gasteiger partial charge in [0.15, 0.2) is 5.78 Å². The van der Waals surface area contributed by atoms with Gasteiger partial charge < -0.3 is 9.84 Å². The minimum atomic E-state index is -1.27. The quantitative estimate of drug-likeness (QED) is 0.585. The number of carbonyl (C=O) groups is 3. The molecular formula is C19H22O5. The molecule has 0 amide bonds. The molecule has 0 aromatic rings. The second-order valence-corrected chi connectivity index (χ2v) is 7.92. The van der Waals surface area contributed by atoms with E-state index in [1.54, 1.807) is 0 Å². The van der Waals surface area contributed by atoms with E-state index in [0.29, 0.717) is 24.8 Å². The molecule has 5 heteroatoms. The third-order valence-electron chi connectivity index (χ3n) is 6.57. The standard InChI is InChI=1S/C19H22O5/c1-8(2)10-5-11(20)7-12-13(6-10)19-15(16(12)21)9(3)4-14(17(19)22)24-18(19)23/h10,12-14,17,22H,1,4-7H2,2-3H3. The summed E-state index contributed by atoms with van der Waals surface area (Å²) in [7, 11) is 0. The normalized spacial score (nSPS) is 44.1. The molecule has 0 aromatic carbocycles. The topological polar surface area (TPSA) is 80.7 Å². The second kappa shape index (κ2) is 4.88. The minimum absolute atomic E-state index is 0.0366. The summed E-state index contributed by atoms with van der Waals surface area (Å²) in [6, 6.07) is 0. The molecule has 4 aliphatic rings. The molecule has 4 rings (SSSR count). The highest BCUT2D eigenvalue weighted by Gasteiger charge is 2.73. The number of hydrogen-bond donors (Lipinski definition) is 1. The molecule has 24 heavy (non-hydrogen) atoms. The van der Waals surface area contributed by atoms with E-state index in [2.05, 4.69) is 6.58 Å². The van der Waals surface area contributed by atoms with Crippen LogP contribution in [0.15, 0.2) is 23.3 Å². The van der Waals surface area contributed by atoms with E-state index >= 15 is 0 Å². The van der Waals surface area contributed by atoms with Crippen molar-refractivity contribution in [2.45, 2.75) is 51.7 Å². The van der Waals surface area contributed by atoms with Crippen molar-refractivity contribution in [1.29, 1.82) is 0 Å². The van der Waals surface area contributed by atoms with Gasteiger partial charge in [-0.05, 0) is 32.1 Å². The van der Waals surface area contributed by atoms with Crippen molar-refractivity contribution in [3.05, 3.63) is 23.3 Å². The van der Waals surface area contributed by atoms with Crippen molar-refractivity contribution in [3.8, 4) is 0 Å². The first-order chi connectivity index (χ1) is 11.3. The van der Waals surface area contributed by atoms with Crippen molar-refractivity contribution >= 4 is 17.5 Å². The number of esters is 1. The maximum Gasteiger partial charge on any atom is 0.320 e. The van der Waals surface area contributed by atoms with Gasteiger partial charge in [-0.25, -0.2) is 0 Å². The fourth-order valence-corrected chi connectivity index (χ4v) is 5.48. The molecule has 128 valence electrons. The van der Waals surface area contributed by atoms with Gasteiger partial charge in [-0.2, -0.15) is 0 Å². The van der Waals surface area contributed by atoms with E-state index in [1.807, 2.05) is 13.8 Å². The summed E-state index contributed by atoms with van der Waals surface area (Å²) < 4.78 is 5.44. The van der Waals surface area contributed by atoms with E-state index in [0.717, 1.165) is 11.1 Å². The van der Waals surface area contributed by atoms with E-state index in [1.165, 1.54) is 0 Å². The summed E-state index contributed by atoms with van der Waals surface area (Å²) in [5.74, 6) is -1.54. The molecule has 6 unspecified atom stereocenters. The van der Waals surface area contributed by atoms with E-state index < -0.39 is 29.5 Å². The van der Waals surface area contributed by atoms with Crippen LogP contribution in [0.3, 0.4) is 0 Å². The number of aliphatic hydroxyl groups excluding tert-OH is 1. The average Bonchev–Trinajstić information content (AvgIpc) is 2.75. The van der Waals surface area contributed by atoms with Gasteiger partial charge >= 0.3 is 5.97 Å². The summed E-state index contributed by atoms with van der Waals surface area (Å²) in [5.41, 5.74) is 0.871. The second-order valence-electron chi connectivity index (χ2n) is 7.92. The van der Waals surface area contributed by atoms with Gasteiger partial charge in [0, 0.05) is 30.8 Å². The third kappa shape index (κ3) is 1.71. The van der Waals surface area contributed by atoms with Crippen LogP contribution in [0.4, 0.5) is 0 Å².